The number of likely N-dealkylation sites (tertiary alicyclic amines) is 1. The molecule has 1 heterocycles. The van der Waals surface area contributed by atoms with Crippen molar-refractivity contribution in [3.63, 3.8) is 0 Å². The van der Waals surface area contributed by atoms with Crippen LogP contribution in [0.5, 0.6) is 0 Å². The summed E-state index contributed by atoms with van der Waals surface area (Å²) < 4.78 is 0. The Bertz CT molecular complexity index is 617. The Morgan fingerprint density at radius 2 is 1.45 bits per heavy atom. The monoisotopic (exact) mass is 292 g/mol. The van der Waals surface area contributed by atoms with E-state index in [4.69, 9.17) is 5.73 Å². The first-order valence-corrected chi connectivity index (χ1v) is 8.48. The summed E-state index contributed by atoms with van der Waals surface area (Å²) in [5.74, 6) is 0. The molecular formula is C20H24N2. The number of benzene rings is 2. The number of nitrogens with two attached hydrogens (primary N) is 1. The van der Waals surface area contributed by atoms with Crippen molar-refractivity contribution in [2.24, 2.45) is 5.73 Å². The van der Waals surface area contributed by atoms with Crippen molar-refractivity contribution in [2.45, 2.75) is 37.8 Å². The maximum absolute atomic E-state index is 6.27. The van der Waals surface area contributed by atoms with Crippen molar-refractivity contribution in [2.75, 3.05) is 13.1 Å². The summed E-state index contributed by atoms with van der Waals surface area (Å²) in [6.07, 6.45) is 4.65. The molecule has 2 heteroatoms. The summed E-state index contributed by atoms with van der Waals surface area (Å²) in [6.45, 7) is 2.16. The molecule has 2 aliphatic rings. The van der Waals surface area contributed by atoms with Gasteiger partial charge >= 0.3 is 0 Å². The van der Waals surface area contributed by atoms with E-state index in [2.05, 4.69) is 53.4 Å². The lowest BCUT2D eigenvalue weighted by Gasteiger charge is -2.38. The fourth-order valence-corrected chi connectivity index (χ4v) is 4.16. The molecule has 2 N–H and O–H groups in total. The van der Waals surface area contributed by atoms with E-state index in [1.165, 1.54) is 28.7 Å². The van der Waals surface area contributed by atoms with Gasteiger partial charge in [0.25, 0.3) is 0 Å². The normalized spacial score (nSPS) is 22.7. The van der Waals surface area contributed by atoms with E-state index in [1.54, 1.807) is 0 Å². The summed E-state index contributed by atoms with van der Waals surface area (Å²) in [6, 6.07) is 18.7. The zero-order valence-corrected chi connectivity index (χ0v) is 13.0. The first-order valence-electron chi connectivity index (χ1n) is 8.48. The molecule has 2 nitrogen and oxygen atoms in total. The molecule has 1 saturated heterocycles. The van der Waals surface area contributed by atoms with E-state index < -0.39 is 0 Å². The van der Waals surface area contributed by atoms with Crippen molar-refractivity contribution < 1.29 is 0 Å². The molecule has 2 aromatic rings. The highest BCUT2D eigenvalue weighted by Crippen LogP contribution is 2.37. The number of hydrogen-bond donors (Lipinski definition) is 1. The average molecular weight is 292 g/mol. The number of rotatable bonds is 1. The molecule has 22 heavy (non-hydrogen) atoms. The highest BCUT2D eigenvalue weighted by atomic mass is 15.2. The quantitative estimate of drug-likeness (QED) is 0.874. The predicted molar refractivity (Wildman–Crippen MR) is 90.9 cm³/mol. The zero-order valence-electron chi connectivity index (χ0n) is 13.0. The third-order valence-corrected chi connectivity index (χ3v) is 5.22. The molecule has 0 aromatic heterocycles. The Morgan fingerprint density at radius 3 is 2.05 bits per heavy atom. The average Bonchev–Trinajstić information content (AvgIpc) is 2.71. The van der Waals surface area contributed by atoms with Gasteiger partial charge in [-0.3, -0.25) is 4.90 Å². The highest BCUT2D eigenvalue weighted by Gasteiger charge is 2.30. The van der Waals surface area contributed by atoms with E-state index in [0.29, 0.717) is 12.1 Å². The summed E-state index contributed by atoms with van der Waals surface area (Å²) in [4.78, 5) is 2.61. The number of piperidine rings is 1. The minimum absolute atomic E-state index is 0.316. The smallest absolute Gasteiger partial charge is 0.0607 e. The van der Waals surface area contributed by atoms with Crippen LogP contribution in [0.4, 0.5) is 0 Å². The molecule has 4 rings (SSSR count). The van der Waals surface area contributed by atoms with E-state index in [9.17, 15) is 0 Å². The Kier molecular flexibility index (Phi) is 3.73. The van der Waals surface area contributed by atoms with Gasteiger partial charge in [0.05, 0.1) is 6.04 Å². The maximum atomic E-state index is 6.27. The Balaban J connectivity index is 1.83. The molecule has 0 amide bonds. The minimum atomic E-state index is 0.316. The fourth-order valence-electron chi connectivity index (χ4n) is 4.16. The molecule has 1 atom stereocenters. The molecule has 1 unspecified atom stereocenters. The van der Waals surface area contributed by atoms with Crippen LogP contribution in [0.1, 0.15) is 41.1 Å². The first-order chi connectivity index (χ1) is 10.8. The predicted octanol–water partition coefficient (Wildman–Crippen LogP) is 3.30. The van der Waals surface area contributed by atoms with Gasteiger partial charge in [0, 0.05) is 12.6 Å². The van der Waals surface area contributed by atoms with Crippen LogP contribution in [0.15, 0.2) is 48.5 Å². The molecular weight excluding hydrogens is 268 g/mol. The van der Waals surface area contributed by atoms with Gasteiger partial charge < -0.3 is 5.73 Å². The van der Waals surface area contributed by atoms with Crippen LogP contribution >= 0.6 is 0 Å². The maximum Gasteiger partial charge on any atom is 0.0607 e. The molecule has 114 valence electrons. The topological polar surface area (TPSA) is 29.3 Å². The third kappa shape index (κ3) is 2.47. The standard InChI is InChI=1S/C20H24N2/c21-17-8-5-13-22(14-17)20-18-9-3-1-6-15(18)11-12-16-7-2-4-10-19(16)20/h1-4,6-7,9-10,17,20H,5,8,11-14,21H2. The van der Waals surface area contributed by atoms with Gasteiger partial charge in [0.15, 0.2) is 0 Å². The summed E-state index contributed by atoms with van der Waals surface area (Å²) in [5, 5.41) is 0. The molecule has 1 aliphatic heterocycles. The van der Waals surface area contributed by atoms with Crippen LogP contribution in [0.25, 0.3) is 0 Å². The second-order valence-corrected chi connectivity index (χ2v) is 6.70. The molecule has 0 saturated carbocycles. The zero-order chi connectivity index (χ0) is 14.9. The Labute approximate surface area is 132 Å². The molecule has 0 spiro atoms. The Hall–Kier alpha value is -1.64. The number of hydrogen-bond acceptors (Lipinski definition) is 2. The molecule has 0 radical (unpaired) electrons. The highest BCUT2D eigenvalue weighted by molar-refractivity contribution is 5.44. The number of aryl methyl sites for hydroxylation is 2. The SMILES string of the molecule is NC1CCCN(C2c3ccccc3CCc3ccccc32)C1. The van der Waals surface area contributed by atoms with Crippen molar-refractivity contribution >= 4 is 0 Å². The van der Waals surface area contributed by atoms with Gasteiger partial charge in [0.2, 0.25) is 0 Å². The van der Waals surface area contributed by atoms with Crippen LogP contribution in [0.2, 0.25) is 0 Å². The van der Waals surface area contributed by atoms with E-state index in [0.717, 1.165) is 32.4 Å². The second kappa shape index (κ2) is 5.86. The van der Waals surface area contributed by atoms with Gasteiger partial charge in [-0.1, -0.05) is 48.5 Å². The second-order valence-electron chi connectivity index (χ2n) is 6.70. The van der Waals surface area contributed by atoms with Crippen molar-refractivity contribution in [1.29, 1.82) is 0 Å². The van der Waals surface area contributed by atoms with Crippen molar-refractivity contribution in [3.8, 4) is 0 Å². The first kappa shape index (κ1) is 14.0. The van der Waals surface area contributed by atoms with Gasteiger partial charge in [-0.05, 0) is 54.5 Å². The lowest BCUT2D eigenvalue weighted by Crippen LogP contribution is -2.44. The van der Waals surface area contributed by atoms with E-state index in [1.807, 2.05) is 0 Å². The fraction of sp³-hybridized carbons (Fsp3) is 0.400. The largest absolute Gasteiger partial charge is 0.327 e. The van der Waals surface area contributed by atoms with E-state index in [-0.39, 0.29) is 0 Å². The van der Waals surface area contributed by atoms with Gasteiger partial charge in [-0.15, -0.1) is 0 Å². The van der Waals surface area contributed by atoms with Gasteiger partial charge in [-0.2, -0.15) is 0 Å². The molecule has 0 bridgehead atoms. The van der Waals surface area contributed by atoms with Gasteiger partial charge in [0.1, 0.15) is 0 Å². The number of nitrogens with zero attached hydrogens (tertiary/aromatic N) is 1. The van der Waals surface area contributed by atoms with Crippen molar-refractivity contribution in [3.05, 3.63) is 70.8 Å². The minimum Gasteiger partial charge on any atom is -0.327 e. The lowest BCUT2D eigenvalue weighted by molar-refractivity contribution is 0.170. The van der Waals surface area contributed by atoms with Crippen LogP contribution in [-0.2, 0) is 12.8 Å². The van der Waals surface area contributed by atoms with Gasteiger partial charge in [-0.25, -0.2) is 0 Å². The van der Waals surface area contributed by atoms with E-state index >= 15 is 0 Å². The van der Waals surface area contributed by atoms with Crippen LogP contribution in [0.3, 0.4) is 0 Å². The summed E-state index contributed by atoms with van der Waals surface area (Å²) >= 11 is 0. The molecule has 2 aromatic carbocycles. The van der Waals surface area contributed by atoms with Crippen LogP contribution in [-0.4, -0.2) is 24.0 Å². The lowest BCUT2D eigenvalue weighted by atomic mass is 9.91. The Morgan fingerprint density at radius 1 is 0.864 bits per heavy atom. The third-order valence-electron chi connectivity index (χ3n) is 5.22. The van der Waals surface area contributed by atoms with Crippen LogP contribution < -0.4 is 5.73 Å². The van der Waals surface area contributed by atoms with Crippen molar-refractivity contribution in [1.82, 2.24) is 4.90 Å². The summed E-state index contributed by atoms with van der Waals surface area (Å²) in [7, 11) is 0. The summed E-state index contributed by atoms with van der Waals surface area (Å²) in [5.41, 5.74) is 12.2. The molecule has 1 aliphatic carbocycles. The van der Waals surface area contributed by atoms with Crippen LogP contribution in [0, 0.1) is 0 Å². The number of fused-ring (bicyclic) bond motifs is 2. The molecule has 1 fully saturated rings.